The van der Waals surface area contributed by atoms with Crippen LogP contribution in [0.5, 0.6) is 0 Å². The normalized spacial score (nSPS) is 15.2. The first-order valence-corrected chi connectivity index (χ1v) is 6.05. The van der Waals surface area contributed by atoms with Crippen molar-refractivity contribution in [3.8, 4) is 0 Å². The Labute approximate surface area is 82.0 Å². The zero-order chi connectivity index (χ0) is 10.3. The molecule has 13 heavy (non-hydrogen) atoms. The van der Waals surface area contributed by atoms with Crippen LogP contribution >= 0.6 is 0 Å². The molecule has 0 aliphatic carbocycles. The van der Waals surface area contributed by atoms with Gasteiger partial charge in [0.05, 0.1) is 6.42 Å². The third kappa shape index (κ3) is 6.75. The van der Waals surface area contributed by atoms with E-state index in [1.165, 1.54) is 0 Å². The Morgan fingerprint density at radius 1 is 1.46 bits per heavy atom. The summed E-state index contributed by atoms with van der Waals surface area (Å²) in [7, 11) is -0.968. The third-order valence-electron chi connectivity index (χ3n) is 1.86. The van der Waals surface area contributed by atoms with Crippen LogP contribution in [-0.2, 0) is 15.6 Å². The van der Waals surface area contributed by atoms with E-state index in [9.17, 15) is 9.00 Å². The lowest BCUT2D eigenvalue weighted by Gasteiger charge is -2.07. The molecule has 0 aliphatic heterocycles. The first-order chi connectivity index (χ1) is 6.07. The average molecular weight is 206 g/mol. The van der Waals surface area contributed by atoms with Gasteiger partial charge in [0.15, 0.2) is 0 Å². The van der Waals surface area contributed by atoms with Crippen molar-refractivity contribution in [2.24, 2.45) is 0 Å². The van der Waals surface area contributed by atoms with E-state index in [4.69, 9.17) is 5.11 Å². The van der Waals surface area contributed by atoms with Crippen molar-refractivity contribution in [2.75, 3.05) is 5.75 Å². The molecule has 2 atom stereocenters. The monoisotopic (exact) mass is 206 g/mol. The van der Waals surface area contributed by atoms with Crippen LogP contribution in [0.1, 0.15) is 39.5 Å². The molecule has 0 saturated carbocycles. The smallest absolute Gasteiger partial charge is 0.304 e. The minimum absolute atomic E-state index is 0.0126. The number of rotatable bonds is 7. The van der Waals surface area contributed by atoms with Crippen molar-refractivity contribution in [2.45, 2.75) is 44.8 Å². The van der Waals surface area contributed by atoms with Crippen molar-refractivity contribution in [3.63, 3.8) is 0 Å². The molecule has 0 aromatic heterocycles. The van der Waals surface area contributed by atoms with Gasteiger partial charge in [-0.15, -0.1) is 0 Å². The van der Waals surface area contributed by atoms with Gasteiger partial charge < -0.3 is 5.11 Å². The highest BCUT2D eigenvalue weighted by molar-refractivity contribution is 7.85. The maximum Gasteiger partial charge on any atom is 0.304 e. The Kier molecular flexibility index (Phi) is 6.86. The van der Waals surface area contributed by atoms with Crippen LogP contribution in [0.3, 0.4) is 0 Å². The lowest BCUT2D eigenvalue weighted by molar-refractivity contribution is -0.136. The maximum atomic E-state index is 11.4. The molecule has 0 aliphatic rings. The van der Waals surface area contributed by atoms with E-state index in [2.05, 4.69) is 6.92 Å². The van der Waals surface area contributed by atoms with Crippen LogP contribution in [0.25, 0.3) is 0 Å². The second-order valence-electron chi connectivity index (χ2n) is 3.20. The molecule has 3 nitrogen and oxygen atoms in total. The molecule has 78 valence electrons. The van der Waals surface area contributed by atoms with E-state index in [0.29, 0.717) is 5.75 Å². The van der Waals surface area contributed by atoms with Crippen LogP contribution in [0, 0.1) is 0 Å². The summed E-state index contributed by atoms with van der Waals surface area (Å²) >= 11 is 0. The van der Waals surface area contributed by atoms with Gasteiger partial charge in [0.1, 0.15) is 0 Å². The van der Waals surface area contributed by atoms with Gasteiger partial charge in [0, 0.05) is 21.8 Å². The molecule has 0 bridgehead atoms. The molecule has 0 rings (SSSR count). The summed E-state index contributed by atoms with van der Waals surface area (Å²) in [4.78, 5) is 10.3. The number of hydrogen-bond donors (Lipinski definition) is 1. The van der Waals surface area contributed by atoms with E-state index >= 15 is 0 Å². The fraction of sp³-hybridized carbons (Fsp3) is 0.889. The molecule has 0 saturated heterocycles. The summed E-state index contributed by atoms with van der Waals surface area (Å²) in [6.45, 7) is 3.82. The Hall–Kier alpha value is -0.380. The minimum atomic E-state index is -0.968. The Morgan fingerprint density at radius 2 is 2.08 bits per heavy atom. The highest BCUT2D eigenvalue weighted by Crippen LogP contribution is 2.05. The molecule has 1 N–H and O–H groups in total. The number of unbranched alkanes of at least 4 members (excludes halogenated alkanes) is 2. The SMILES string of the molecule is CCCCCS(=O)C(C)CC(=O)O. The lowest BCUT2D eigenvalue weighted by Crippen LogP contribution is -2.18. The number of carbonyl (C=O) groups is 1. The predicted octanol–water partition coefficient (Wildman–Crippen LogP) is 1.79. The topological polar surface area (TPSA) is 54.4 Å². The quantitative estimate of drug-likeness (QED) is 0.646. The molecule has 0 fully saturated rings. The summed E-state index contributed by atoms with van der Waals surface area (Å²) < 4.78 is 11.4. The minimum Gasteiger partial charge on any atom is -0.481 e. The molecule has 0 amide bonds. The van der Waals surface area contributed by atoms with Crippen molar-refractivity contribution in [3.05, 3.63) is 0 Å². The number of aliphatic carboxylic acids is 1. The highest BCUT2D eigenvalue weighted by Gasteiger charge is 2.13. The fourth-order valence-corrected chi connectivity index (χ4v) is 2.25. The van der Waals surface area contributed by atoms with Gasteiger partial charge in [0.2, 0.25) is 0 Å². The molecule has 2 unspecified atom stereocenters. The van der Waals surface area contributed by atoms with Gasteiger partial charge in [-0.25, -0.2) is 0 Å². The van der Waals surface area contributed by atoms with Gasteiger partial charge in [-0.1, -0.05) is 26.7 Å². The Morgan fingerprint density at radius 3 is 2.54 bits per heavy atom. The van der Waals surface area contributed by atoms with Crippen molar-refractivity contribution in [1.29, 1.82) is 0 Å². The molecule has 0 heterocycles. The van der Waals surface area contributed by atoms with Crippen molar-refractivity contribution in [1.82, 2.24) is 0 Å². The maximum absolute atomic E-state index is 11.4. The van der Waals surface area contributed by atoms with E-state index in [1.54, 1.807) is 6.92 Å². The van der Waals surface area contributed by atoms with Gasteiger partial charge in [0.25, 0.3) is 0 Å². The summed E-state index contributed by atoms with van der Waals surface area (Å²) in [6, 6.07) is 0. The zero-order valence-electron chi connectivity index (χ0n) is 8.28. The van der Waals surface area contributed by atoms with Crippen LogP contribution in [0.4, 0.5) is 0 Å². The molecule has 0 spiro atoms. The van der Waals surface area contributed by atoms with Gasteiger partial charge >= 0.3 is 5.97 Å². The number of hydrogen-bond acceptors (Lipinski definition) is 2. The summed E-state index contributed by atoms with van der Waals surface area (Å²) in [5.74, 6) is -0.223. The third-order valence-corrected chi connectivity index (χ3v) is 3.62. The van der Waals surface area contributed by atoms with Crippen LogP contribution in [0.2, 0.25) is 0 Å². The molecule has 0 aromatic rings. The molecular formula is C9H18O3S. The van der Waals surface area contributed by atoms with Crippen LogP contribution < -0.4 is 0 Å². The van der Waals surface area contributed by atoms with E-state index in [1.807, 2.05) is 0 Å². The van der Waals surface area contributed by atoms with Crippen LogP contribution in [0.15, 0.2) is 0 Å². The fourth-order valence-electron chi connectivity index (χ4n) is 1.03. The molecular weight excluding hydrogens is 188 g/mol. The van der Waals surface area contributed by atoms with Crippen molar-refractivity contribution < 1.29 is 14.1 Å². The second kappa shape index (κ2) is 7.06. The average Bonchev–Trinajstić information content (AvgIpc) is 2.03. The predicted molar refractivity (Wildman–Crippen MR) is 54.2 cm³/mol. The first-order valence-electron chi connectivity index (χ1n) is 4.67. The Bertz CT molecular complexity index is 180. The number of carboxylic acids is 1. The summed E-state index contributed by atoms with van der Waals surface area (Å²) in [6.07, 6.45) is 3.13. The van der Waals surface area contributed by atoms with Gasteiger partial charge in [-0.3, -0.25) is 9.00 Å². The summed E-state index contributed by atoms with van der Waals surface area (Å²) in [5.41, 5.74) is 0. The van der Waals surface area contributed by atoms with Gasteiger partial charge in [-0.05, 0) is 6.42 Å². The number of carboxylic acid groups (broad SMARTS) is 1. The highest BCUT2D eigenvalue weighted by atomic mass is 32.2. The first kappa shape index (κ1) is 12.6. The molecule has 4 heteroatoms. The molecule has 0 radical (unpaired) electrons. The lowest BCUT2D eigenvalue weighted by atomic mass is 10.3. The second-order valence-corrected chi connectivity index (χ2v) is 5.17. The summed E-state index contributed by atoms with van der Waals surface area (Å²) in [5, 5.41) is 8.26. The zero-order valence-corrected chi connectivity index (χ0v) is 9.10. The Balaban J connectivity index is 3.63. The van der Waals surface area contributed by atoms with Gasteiger partial charge in [-0.2, -0.15) is 0 Å². The molecule has 0 aromatic carbocycles. The van der Waals surface area contributed by atoms with E-state index in [-0.39, 0.29) is 11.7 Å². The van der Waals surface area contributed by atoms with E-state index < -0.39 is 16.8 Å². The van der Waals surface area contributed by atoms with E-state index in [0.717, 1.165) is 19.3 Å². The standard InChI is InChI=1S/C9H18O3S/c1-3-4-5-6-13(12)8(2)7-9(10)11/h8H,3-7H2,1-2H3,(H,10,11). The van der Waals surface area contributed by atoms with Crippen molar-refractivity contribution >= 4 is 16.8 Å². The largest absolute Gasteiger partial charge is 0.481 e. The van der Waals surface area contributed by atoms with Crippen LogP contribution in [-0.4, -0.2) is 26.3 Å².